The maximum atomic E-state index is 12.2. The van der Waals surface area contributed by atoms with Crippen LogP contribution < -0.4 is 5.32 Å². The van der Waals surface area contributed by atoms with E-state index in [0.29, 0.717) is 6.42 Å². The van der Waals surface area contributed by atoms with Crippen molar-refractivity contribution in [3.05, 3.63) is 66.0 Å². The van der Waals surface area contributed by atoms with Gasteiger partial charge in [-0.2, -0.15) is 0 Å². The van der Waals surface area contributed by atoms with E-state index in [0.717, 1.165) is 11.3 Å². The van der Waals surface area contributed by atoms with E-state index in [1.165, 1.54) is 4.90 Å². The molecular formula is C20H25N3O4. The van der Waals surface area contributed by atoms with Gasteiger partial charge in [0.25, 0.3) is 0 Å². The van der Waals surface area contributed by atoms with Gasteiger partial charge in [0.05, 0.1) is 12.6 Å². The Labute approximate surface area is 159 Å². The van der Waals surface area contributed by atoms with E-state index in [1.54, 1.807) is 20.0 Å². The van der Waals surface area contributed by atoms with Crippen molar-refractivity contribution in [2.75, 3.05) is 13.2 Å². The molecular weight excluding hydrogens is 346 g/mol. The van der Waals surface area contributed by atoms with Crippen molar-refractivity contribution in [2.24, 2.45) is 0 Å². The molecule has 2 rings (SSSR count). The molecule has 0 bridgehead atoms. The lowest BCUT2D eigenvalue weighted by atomic mass is 10.0. The van der Waals surface area contributed by atoms with Crippen LogP contribution in [-0.4, -0.2) is 46.4 Å². The van der Waals surface area contributed by atoms with Gasteiger partial charge in [-0.1, -0.05) is 36.4 Å². The summed E-state index contributed by atoms with van der Waals surface area (Å²) in [5.41, 5.74) is 1.79. The van der Waals surface area contributed by atoms with Gasteiger partial charge >= 0.3 is 12.2 Å². The summed E-state index contributed by atoms with van der Waals surface area (Å²) in [7, 11) is 0. The molecule has 0 radical (unpaired) electrons. The number of aromatic nitrogens is 1. The predicted octanol–water partition coefficient (Wildman–Crippen LogP) is 3.48. The van der Waals surface area contributed by atoms with Crippen LogP contribution in [0.4, 0.5) is 9.59 Å². The second-order valence-electron chi connectivity index (χ2n) is 6.34. The second-order valence-corrected chi connectivity index (χ2v) is 6.34. The molecule has 0 saturated carbocycles. The van der Waals surface area contributed by atoms with Gasteiger partial charge in [-0.3, -0.25) is 4.98 Å². The van der Waals surface area contributed by atoms with E-state index in [9.17, 15) is 9.59 Å². The van der Waals surface area contributed by atoms with Crippen molar-refractivity contribution >= 4 is 12.2 Å². The Kier molecular flexibility index (Phi) is 7.61. The lowest BCUT2D eigenvalue weighted by molar-refractivity contribution is 0.100. The Hall–Kier alpha value is -3.09. The maximum absolute atomic E-state index is 12.2. The first kappa shape index (κ1) is 20.2. The van der Waals surface area contributed by atoms with Gasteiger partial charge in [-0.25, -0.2) is 9.59 Å². The zero-order valence-corrected chi connectivity index (χ0v) is 15.5. The smallest absolute Gasteiger partial charge is 0.407 e. The number of carbonyl (C=O) groups is 2. The minimum Gasteiger partial charge on any atom is -0.465 e. The van der Waals surface area contributed by atoms with Crippen molar-refractivity contribution < 1.29 is 19.4 Å². The molecule has 0 spiro atoms. The second kappa shape index (κ2) is 10.2. The standard InChI is InChI=1S/C20H25N3O4/c1-15(2)23(20(25)26)12-13-27-19(24)22-18(16-8-4-3-5-9-16)14-17-10-6-7-11-21-17/h3-11,15,18H,12-14H2,1-2H3,(H,22,24)(H,25,26). The summed E-state index contributed by atoms with van der Waals surface area (Å²) in [5.74, 6) is 0. The average molecular weight is 371 g/mol. The molecule has 0 saturated heterocycles. The zero-order chi connectivity index (χ0) is 19.6. The molecule has 1 atom stereocenters. The van der Waals surface area contributed by atoms with E-state index >= 15 is 0 Å². The number of nitrogens with one attached hydrogen (secondary N) is 1. The molecule has 1 aromatic heterocycles. The highest BCUT2D eigenvalue weighted by atomic mass is 16.5. The van der Waals surface area contributed by atoms with Gasteiger partial charge in [0.2, 0.25) is 0 Å². The summed E-state index contributed by atoms with van der Waals surface area (Å²) in [4.78, 5) is 28.9. The first-order valence-electron chi connectivity index (χ1n) is 8.85. The third-order valence-corrected chi connectivity index (χ3v) is 4.07. The molecule has 1 unspecified atom stereocenters. The first-order chi connectivity index (χ1) is 13.0. The number of nitrogens with zero attached hydrogens (tertiary/aromatic N) is 2. The fraction of sp³-hybridized carbons (Fsp3) is 0.350. The van der Waals surface area contributed by atoms with E-state index in [2.05, 4.69) is 10.3 Å². The molecule has 0 aliphatic rings. The highest BCUT2D eigenvalue weighted by molar-refractivity contribution is 5.68. The number of carboxylic acid groups (broad SMARTS) is 1. The fourth-order valence-corrected chi connectivity index (χ4v) is 2.66. The van der Waals surface area contributed by atoms with Gasteiger partial charge in [0, 0.05) is 24.4 Å². The minimum atomic E-state index is -1.04. The molecule has 2 N–H and O–H groups in total. The quantitative estimate of drug-likeness (QED) is 0.741. The summed E-state index contributed by atoms with van der Waals surface area (Å²) in [5, 5.41) is 12.0. The van der Waals surface area contributed by atoms with Crippen LogP contribution in [0, 0.1) is 0 Å². The van der Waals surface area contributed by atoms with Gasteiger partial charge in [-0.05, 0) is 31.5 Å². The molecule has 144 valence electrons. The normalized spacial score (nSPS) is 11.7. The van der Waals surface area contributed by atoms with Crippen molar-refractivity contribution in [1.82, 2.24) is 15.2 Å². The van der Waals surface area contributed by atoms with Gasteiger partial charge < -0.3 is 20.1 Å². The Balaban J connectivity index is 1.96. The number of hydrogen-bond donors (Lipinski definition) is 2. The number of alkyl carbamates (subject to hydrolysis) is 1. The van der Waals surface area contributed by atoms with Gasteiger partial charge in [0.1, 0.15) is 6.61 Å². The molecule has 0 aliphatic heterocycles. The lowest BCUT2D eigenvalue weighted by Gasteiger charge is -2.23. The summed E-state index contributed by atoms with van der Waals surface area (Å²) >= 11 is 0. The molecule has 1 aromatic carbocycles. The summed E-state index contributed by atoms with van der Waals surface area (Å²) < 4.78 is 5.19. The van der Waals surface area contributed by atoms with Crippen molar-refractivity contribution in [1.29, 1.82) is 0 Å². The monoisotopic (exact) mass is 371 g/mol. The maximum Gasteiger partial charge on any atom is 0.407 e. The van der Waals surface area contributed by atoms with E-state index in [1.807, 2.05) is 48.5 Å². The van der Waals surface area contributed by atoms with E-state index in [-0.39, 0.29) is 25.2 Å². The van der Waals surface area contributed by atoms with Crippen LogP contribution in [-0.2, 0) is 11.2 Å². The molecule has 27 heavy (non-hydrogen) atoms. The minimum absolute atomic E-state index is 0.0125. The lowest BCUT2D eigenvalue weighted by Crippen LogP contribution is -2.39. The van der Waals surface area contributed by atoms with Crippen LogP contribution >= 0.6 is 0 Å². The molecule has 0 fully saturated rings. The number of carbonyl (C=O) groups excluding carboxylic acids is 1. The SMILES string of the molecule is CC(C)N(CCOC(=O)NC(Cc1ccccn1)c1ccccc1)C(=O)O. The highest BCUT2D eigenvalue weighted by Gasteiger charge is 2.18. The van der Waals surface area contributed by atoms with Crippen molar-refractivity contribution in [2.45, 2.75) is 32.4 Å². The summed E-state index contributed by atoms with van der Waals surface area (Å²) in [6.45, 7) is 3.65. The molecule has 7 nitrogen and oxygen atoms in total. The van der Waals surface area contributed by atoms with Crippen LogP contribution in [0.5, 0.6) is 0 Å². The van der Waals surface area contributed by atoms with Crippen LogP contribution in [0.2, 0.25) is 0 Å². The number of hydrogen-bond acceptors (Lipinski definition) is 4. The molecule has 1 heterocycles. The van der Waals surface area contributed by atoms with Gasteiger partial charge in [-0.15, -0.1) is 0 Å². The molecule has 0 aliphatic carbocycles. The Morgan fingerprint density at radius 2 is 1.85 bits per heavy atom. The third-order valence-electron chi connectivity index (χ3n) is 4.07. The Bertz CT molecular complexity index is 723. The number of rotatable bonds is 8. The molecule has 2 aromatic rings. The zero-order valence-electron chi connectivity index (χ0n) is 15.5. The number of pyridine rings is 1. The van der Waals surface area contributed by atoms with E-state index < -0.39 is 12.2 Å². The molecule has 7 heteroatoms. The Morgan fingerprint density at radius 1 is 1.15 bits per heavy atom. The first-order valence-corrected chi connectivity index (χ1v) is 8.85. The van der Waals surface area contributed by atoms with E-state index in [4.69, 9.17) is 9.84 Å². The third kappa shape index (κ3) is 6.62. The van der Waals surface area contributed by atoms with Crippen molar-refractivity contribution in [3.8, 4) is 0 Å². The fourth-order valence-electron chi connectivity index (χ4n) is 2.66. The number of benzene rings is 1. The summed E-state index contributed by atoms with van der Waals surface area (Å²) in [6.07, 6.45) is 0.607. The van der Waals surface area contributed by atoms with Crippen LogP contribution in [0.25, 0.3) is 0 Å². The van der Waals surface area contributed by atoms with Crippen molar-refractivity contribution in [3.63, 3.8) is 0 Å². The largest absolute Gasteiger partial charge is 0.465 e. The summed E-state index contributed by atoms with van der Waals surface area (Å²) in [6, 6.07) is 14.7. The van der Waals surface area contributed by atoms with Crippen LogP contribution in [0.15, 0.2) is 54.7 Å². The van der Waals surface area contributed by atoms with Crippen LogP contribution in [0.1, 0.15) is 31.1 Å². The molecule has 2 amide bonds. The highest BCUT2D eigenvalue weighted by Crippen LogP contribution is 2.17. The number of ether oxygens (including phenoxy) is 1. The van der Waals surface area contributed by atoms with Crippen LogP contribution in [0.3, 0.4) is 0 Å². The van der Waals surface area contributed by atoms with Gasteiger partial charge in [0.15, 0.2) is 0 Å². The topological polar surface area (TPSA) is 91.8 Å². The Morgan fingerprint density at radius 3 is 2.44 bits per heavy atom. The predicted molar refractivity (Wildman–Crippen MR) is 101 cm³/mol. The average Bonchev–Trinajstić information content (AvgIpc) is 2.65. The number of amides is 2.